The highest BCUT2D eigenvalue weighted by molar-refractivity contribution is 5.81. The fourth-order valence-corrected chi connectivity index (χ4v) is 3.54. The molecule has 2 heterocycles. The van der Waals surface area contributed by atoms with Crippen LogP contribution in [-0.4, -0.2) is 59.6 Å². The van der Waals surface area contributed by atoms with E-state index in [9.17, 15) is 9.59 Å². The first-order chi connectivity index (χ1) is 12.6. The largest absolute Gasteiger partial charge is 0.465 e. The zero-order valence-electron chi connectivity index (χ0n) is 14.6. The molecule has 0 saturated carbocycles. The third-order valence-corrected chi connectivity index (χ3v) is 5.08. The Labute approximate surface area is 152 Å². The molecule has 3 N–H and O–H groups in total. The number of piperidine rings is 1. The fraction of sp³-hybridized carbons (Fsp3) is 0.421. The van der Waals surface area contributed by atoms with Gasteiger partial charge in [0.2, 0.25) is 0 Å². The molecule has 1 atom stereocenters. The molecule has 1 unspecified atom stereocenters. The van der Waals surface area contributed by atoms with Crippen LogP contribution in [0.4, 0.5) is 10.5 Å². The van der Waals surface area contributed by atoms with Crippen molar-refractivity contribution in [2.45, 2.75) is 18.9 Å². The Bertz CT molecular complexity index is 774. The summed E-state index contributed by atoms with van der Waals surface area (Å²) in [4.78, 5) is 29.7. The Morgan fingerprint density at radius 3 is 2.81 bits per heavy atom. The molecule has 1 aliphatic heterocycles. The highest BCUT2D eigenvalue weighted by Gasteiger charge is 2.27. The summed E-state index contributed by atoms with van der Waals surface area (Å²) in [5, 5.41) is 10.2. The number of rotatable bonds is 6. The maximum absolute atomic E-state index is 11.1. The van der Waals surface area contributed by atoms with E-state index in [0.717, 1.165) is 47.4 Å². The summed E-state index contributed by atoms with van der Waals surface area (Å²) in [5.41, 5.74) is 8.31. The van der Waals surface area contributed by atoms with Crippen LogP contribution in [0.1, 0.15) is 12.8 Å². The van der Waals surface area contributed by atoms with E-state index in [1.165, 1.54) is 0 Å². The minimum absolute atomic E-state index is 0.134. The van der Waals surface area contributed by atoms with Crippen LogP contribution in [-0.2, 0) is 4.79 Å². The Kier molecular flexibility index (Phi) is 5.68. The second kappa shape index (κ2) is 8.14. The van der Waals surface area contributed by atoms with Gasteiger partial charge < -0.3 is 20.5 Å². The van der Waals surface area contributed by atoms with Crippen molar-refractivity contribution >= 4 is 29.0 Å². The van der Waals surface area contributed by atoms with E-state index >= 15 is 0 Å². The smallest absolute Gasteiger partial charge is 0.407 e. The van der Waals surface area contributed by atoms with E-state index in [1.54, 1.807) is 0 Å². The van der Waals surface area contributed by atoms with Gasteiger partial charge in [0.05, 0.1) is 23.9 Å². The van der Waals surface area contributed by atoms with Crippen molar-refractivity contribution in [1.82, 2.24) is 9.88 Å². The number of fused-ring (bicyclic) bond motifs is 1. The number of para-hydroxylation sites is 1. The molecule has 7 nitrogen and oxygen atoms in total. The van der Waals surface area contributed by atoms with Crippen molar-refractivity contribution in [3.63, 3.8) is 0 Å². The predicted molar refractivity (Wildman–Crippen MR) is 100 cm³/mol. The van der Waals surface area contributed by atoms with Crippen LogP contribution >= 0.6 is 0 Å². The van der Waals surface area contributed by atoms with Crippen molar-refractivity contribution in [3.05, 3.63) is 36.5 Å². The molecule has 0 radical (unpaired) electrons. The number of anilines is 1. The molecule has 0 spiro atoms. The van der Waals surface area contributed by atoms with E-state index in [2.05, 4.69) is 22.0 Å². The van der Waals surface area contributed by atoms with E-state index in [1.807, 2.05) is 24.4 Å². The van der Waals surface area contributed by atoms with Gasteiger partial charge in [-0.3, -0.25) is 9.88 Å². The van der Waals surface area contributed by atoms with Crippen LogP contribution < -0.4 is 10.6 Å². The average molecular weight is 356 g/mol. The number of aromatic nitrogens is 1. The van der Waals surface area contributed by atoms with Gasteiger partial charge in [0, 0.05) is 31.1 Å². The number of aldehydes is 1. The number of hydrogen-bond acceptors (Lipinski definition) is 5. The molecule has 7 heteroatoms. The predicted octanol–water partition coefficient (Wildman–Crippen LogP) is 1.96. The molecule has 1 aromatic heterocycles. The van der Waals surface area contributed by atoms with Gasteiger partial charge in [-0.05, 0) is 30.9 Å². The Morgan fingerprint density at radius 2 is 2.12 bits per heavy atom. The molecule has 1 fully saturated rings. The first kappa shape index (κ1) is 18.1. The van der Waals surface area contributed by atoms with Crippen LogP contribution in [0.3, 0.4) is 0 Å². The fourth-order valence-electron chi connectivity index (χ4n) is 3.54. The van der Waals surface area contributed by atoms with Gasteiger partial charge in [0.15, 0.2) is 0 Å². The summed E-state index contributed by atoms with van der Waals surface area (Å²) in [7, 11) is 0. The lowest BCUT2D eigenvalue weighted by Gasteiger charge is -2.37. The minimum Gasteiger partial charge on any atom is -0.465 e. The number of hydrogen-bond donors (Lipinski definition) is 2. The molecule has 1 amide bonds. The van der Waals surface area contributed by atoms with Crippen molar-refractivity contribution < 1.29 is 14.7 Å². The summed E-state index contributed by atoms with van der Waals surface area (Å²) in [6.45, 7) is 1.78. The number of carbonyl (C=O) groups excluding carboxylic acids is 1. The first-order valence-corrected chi connectivity index (χ1v) is 8.85. The molecular formula is C19H24N4O3. The summed E-state index contributed by atoms with van der Waals surface area (Å²) < 4.78 is 0. The van der Waals surface area contributed by atoms with E-state index in [-0.39, 0.29) is 25.0 Å². The zero-order chi connectivity index (χ0) is 18.5. The SMILES string of the molecule is NC(CN(CC=O)C(=O)O)C1CCN(c2cnc3ccccc3c2)CC1. The van der Waals surface area contributed by atoms with Gasteiger partial charge in [-0.15, -0.1) is 0 Å². The monoisotopic (exact) mass is 356 g/mol. The van der Waals surface area contributed by atoms with Crippen LogP contribution in [0.15, 0.2) is 36.5 Å². The summed E-state index contributed by atoms with van der Waals surface area (Å²) in [5.74, 6) is 0.244. The molecule has 0 aliphatic carbocycles. The second-order valence-corrected chi connectivity index (χ2v) is 6.73. The van der Waals surface area contributed by atoms with Crippen molar-refractivity contribution in [1.29, 1.82) is 0 Å². The Hall–Kier alpha value is -2.67. The molecule has 1 saturated heterocycles. The molecular weight excluding hydrogens is 332 g/mol. The first-order valence-electron chi connectivity index (χ1n) is 8.85. The third-order valence-electron chi connectivity index (χ3n) is 5.08. The lowest BCUT2D eigenvalue weighted by molar-refractivity contribution is -0.108. The molecule has 3 rings (SSSR count). The van der Waals surface area contributed by atoms with Gasteiger partial charge in [0.25, 0.3) is 0 Å². The number of carbonyl (C=O) groups is 2. The Balaban J connectivity index is 1.59. The maximum atomic E-state index is 11.1. The van der Waals surface area contributed by atoms with Crippen molar-refractivity contribution in [2.24, 2.45) is 11.7 Å². The topological polar surface area (TPSA) is 99.8 Å². The summed E-state index contributed by atoms with van der Waals surface area (Å²) in [6.07, 6.45) is 3.17. The van der Waals surface area contributed by atoms with Gasteiger partial charge in [0.1, 0.15) is 6.29 Å². The number of carboxylic acid groups (broad SMARTS) is 1. The number of amides is 1. The third kappa shape index (κ3) is 4.11. The molecule has 138 valence electrons. The van der Waals surface area contributed by atoms with Crippen molar-refractivity contribution in [3.8, 4) is 0 Å². The molecule has 1 aliphatic rings. The number of nitrogens with zero attached hydrogens (tertiary/aromatic N) is 3. The number of pyridine rings is 1. The van der Waals surface area contributed by atoms with E-state index in [0.29, 0.717) is 6.29 Å². The molecule has 26 heavy (non-hydrogen) atoms. The van der Waals surface area contributed by atoms with Gasteiger partial charge >= 0.3 is 6.09 Å². The standard InChI is InChI=1S/C19H24N4O3/c20-17(13-23(9-10-24)19(25)26)14-5-7-22(8-6-14)16-11-15-3-1-2-4-18(15)21-12-16/h1-4,10-12,14,17H,5-9,13,20H2,(H,25,26). The van der Waals surface area contributed by atoms with Crippen LogP contribution in [0.25, 0.3) is 10.9 Å². The molecule has 0 bridgehead atoms. The van der Waals surface area contributed by atoms with Crippen molar-refractivity contribution in [2.75, 3.05) is 31.1 Å². The van der Waals surface area contributed by atoms with E-state index in [4.69, 9.17) is 10.8 Å². The van der Waals surface area contributed by atoms with Gasteiger partial charge in [-0.2, -0.15) is 0 Å². The maximum Gasteiger partial charge on any atom is 0.407 e. The molecule has 2 aromatic rings. The average Bonchev–Trinajstić information content (AvgIpc) is 2.67. The summed E-state index contributed by atoms with van der Waals surface area (Å²) >= 11 is 0. The number of nitrogens with two attached hydrogens (primary N) is 1. The van der Waals surface area contributed by atoms with Crippen LogP contribution in [0.2, 0.25) is 0 Å². The summed E-state index contributed by atoms with van der Waals surface area (Å²) in [6, 6.07) is 9.93. The van der Waals surface area contributed by atoms with Gasteiger partial charge in [-0.1, -0.05) is 18.2 Å². The lowest BCUT2D eigenvalue weighted by Crippen LogP contribution is -2.48. The second-order valence-electron chi connectivity index (χ2n) is 6.73. The van der Waals surface area contributed by atoms with Gasteiger partial charge in [-0.25, -0.2) is 4.79 Å². The van der Waals surface area contributed by atoms with Crippen LogP contribution in [0.5, 0.6) is 0 Å². The Morgan fingerprint density at radius 1 is 1.38 bits per heavy atom. The normalized spacial score (nSPS) is 16.4. The highest BCUT2D eigenvalue weighted by atomic mass is 16.4. The minimum atomic E-state index is -1.10. The van der Waals surface area contributed by atoms with Crippen LogP contribution in [0, 0.1) is 5.92 Å². The quantitative estimate of drug-likeness (QED) is 0.768. The van der Waals surface area contributed by atoms with E-state index < -0.39 is 6.09 Å². The lowest BCUT2D eigenvalue weighted by atomic mass is 9.89. The molecule has 1 aromatic carbocycles. The number of benzene rings is 1. The zero-order valence-corrected chi connectivity index (χ0v) is 14.6. The highest BCUT2D eigenvalue weighted by Crippen LogP contribution is 2.26.